The van der Waals surface area contributed by atoms with Gasteiger partial charge in [0, 0.05) is 43.4 Å². The van der Waals surface area contributed by atoms with Gasteiger partial charge in [0.1, 0.15) is 16.7 Å². The number of hydrogen-bond acceptors (Lipinski definition) is 5. The van der Waals surface area contributed by atoms with Crippen molar-refractivity contribution in [3.05, 3.63) is 175 Å². The second-order valence-electron chi connectivity index (χ2n) is 17.9. The minimum atomic E-state index is -1.23. The third kappa shape index (κ3) is 7.80. The standard InChI is InChI=1S/C42H32N3O2.C14H16NSi.Ir/c1-24(2)31-21-27(26-13-6-5-7-14-26)22-32(25(3)4)40(31)45-34-19-10-9-18-33(34)43-42(45)30-17-12-16-29-39-37(47-41(29)30)23-36-38(44-39)28-15-8-11-20-35(28)46-36;1-16(2,3)13-9-10-14(15-11-13)12-7-5-4-6-8-12;/h5-16,18-25H,1-4H3;4-7,9-11H,1-3H3;/q2*-1;. The summed E-state index contributed by atoms with van der Waals surface area (Å²) in [5.74, 6) is 1.32. The SMILES string of the molecule is CC(C)c1cc(-c2ccccc2)cc(C(C)C)c1-n1c(-c2[c-]ccc3c2oc2cc4oc5ccccc5c4nc23)nc2ccccc21.C[Si](C)(C)c1ccc(-c2[c-]cccc2)nc1.[Ir]. The van der Waals surface area contributed by atoms with Gasteiger partial charge in [-0.2, -0.15) is 0 Å². The van der Waals surface area contributed by atoms with Gasteiger partial charge in [0.15, 0.2) is 5.58 Å². The van der Waals surface area contributed by atoms with Crippen molar-refractivity contribution in [1.29, 1.82) is 0 Å². The summed E-state index contributed by atoms with van der Waals surface area (Å²) in [5.41, 5.74) is 15.5. The van der Waals surface area contributed by atoms with Crippen LogP contribution in [0.1, 0.15) is 50.7 Å². The van der Waals surface area contributed by atoms with Crippen LogP contribution in [0.25, 0.3) is 94.6 Å². The van der Waals surface area contributed by atoms with Gasteiger partial charge in [0.05, 0.1) is 36.0 Å². The summed E-state index contributed by atoms with van der Waals surface area (Å²) in [6, 6.07) is 56.7. The molecule has 64 heavy (non-hydrogen) atoms. The van der Waals surface area contributed by atoms with E-state index in [-0.39, 0.29) is 31.9 Å². The van der Waals surface area contributed by atoms with Gasteiger partial charge in [0.2, 0.25) is 0 Å². The molecule has 0 bridgehead atoms. The number of hydrogen-bond donors (Lipinski definition) is 0. The molecule has 0 saturated carbocycles. The molecule has 0 aliphatic carbocycles. The molecule has 0 saturated heterocycles. The number of furan rings is 2. The molecule has 0 amide bonds. The van der Waals surface area contributed by atoms with Crippen LogP contribution in [0.15, 0.2) is 161 Å². The Hall–Kier alpha value is -6.44. The molecule has 5 heterocycles. The van der Waals surface area contributed by atoms with E-state index in [1.165, 1.54) is 33.1 Å². The van der Waals surface area contributed by atoms with Gasteiger partial charge >= 0.3 is 0 Å². The molecule has 0 aliphatic heterocycles. The molecule has 0 fully saturated rings. The fraction of sp³-hybridized carbons (Fsp3) is 0.161. The Morgan fingerprint density at radius 1 is 0.594 bits per heavy atom. The van der Waals surface area contributed by atoms with Gasteiger partial charge < -0.3 is 18.4 Å². The minimum Gasteiger partial charge on any atom is -0.499 e. The number of rotatable bonds is 7. The molecule has 11 rings (SSSR count). The first kappa shape index (κ1) is 42.8. The van der Waals surface area contributed by atoms with Crippen molar-refractivity contribution in [2.24, 2.45) is 0 Å². The maximum Gasteiger partial charge on any atom is 0.157 e. The Labute approximate surface area is 388 Å². The zero-order valence-electron chi connectivity index (χ0n) is 37.0. The van der Waals surface area contributed by atoms with Crippen LogP contribution in [0.5, 0.6) is 0 Å². The average molecular weight is 1030 g/mol. The van der Waals surface area contributed by atoms with E-state index in [0.717, 1.165) is 61.1 Å². The number of nitrogens with zero attached hydrogens (tertiary/aromatic N) is 4. The minimum absolute atomic E-state index is 0. The third-order valence-corrected chi connectivity index (χ3v) is 13.9. The smallest absolute Gasteiger partial charge is 0.157 e. The van der Waals surface area contributed by atoms with E-state index in [1.54, 1.807) is 0 Å². The number of benzene rings is 6. The first-order chi connectivity index (χ1) is 30.5. The van der Waals surface area contributed by atoms with Crippen molar-refractivity contribution in [2.75, 3.05) is 0 Å². The summed E-state index contributed by atoms with van der Waals surface area (Å²) in [6.45, 7) is 16.1. The molecule has 6 aromatic carbocycles. The predicted molar refractivity (Wildman–Crippen MR) is 263 cm³/mol. The van der Waals surface area contributed by atoms with Crippen LogP contribution in [-0.2, 0) is 20.1 Å². The Morgan fingerprint density at radius 3 is 1.98 bits per heavy atom. The van der Waals surface area contributed by atoms with E-state index < -0.39 is 8.07 Å². The van der Waals surface area contributed by atoms with Crippen LogP contribution in [0.4, 0.5) is 0 Å². The third-order valence-electron chi connectivity index (χ3n) is 11.9. The van der Waals surface area contributed by atoms with E-state index in [2.05, 4.69) is 142 Å². The summed E-state index contributed by atoms with van der Waals surface area (Å²) in [4.78, 5) is 14.9. The molecule has 6 nitrogen and oxygen atoms in total. The maximum atomic E-state index is 6.65. The summed E-state index contributed by atoms with van der Waals surface area (Å²) in [7, 11) is -1.23. The Kier molecular flexibility index (Phi) is 11.6. The number of imidazole rings is 1. The van der Waals surface area contributed by atoms with Crippen LogP contribution in [0.3, 0.4) is 0 Å². The first-order valence-corrected chi connectivity index (χ1v) is 25.2. The molecule has 8 heteroatoms. The van der Waals surface area contributed by atoms with E-state index in [4.69, 9.17) is 18.8 Å². The summed E-state index contributed by atoms with van der Waals surface area (Å²) in [6.07, 6.45) is 2.02. The topological polar surface area (TPSA) is 69.9 Å². The van der Waals surface area contributed by atoms with Crippen LogP contribution >= 0.6 is 0 Å². The molecule has 11 aromatic rings. The molecule has 0 spiro atoms. The van der Waals surface area contributed by atoms with E-state index >= 15 is 0 Å². The van der Waals surface area contributed by atoms with E-state index in [9.17, 15) is 0 Å². The second kappa shape index (κ2) is 17.3. The monoisotopic (exact) mass is 1030 g/mol. The molecule has 0 aliphatic rings. The molecule has 0 unspecified atom stereocenters. The molecule has 0 atom stereocenters. The average Bonchev–Trinajstić information content (AvgIpc) is 3.99. The fourth-order valence-electron chi connectivity index (χ4n) is 8.53. The number of pyridine rings is 2. The van der Waals surface area contributed by atoms with E-state index in [0.29, 0.717) is 16.7 Å². The predicted octanol–water partition coefficient (Wildman–Crippen LogP) is 14.7. The molecule has 5 aromatic heterocycles. The van der Waals surface area contributed by atoms with Crippen molar-refractivity contribution in [3.8, 4) is 39.5 Å². The van der Waals surface area contributed by atoms with Crippen molar-refractivity contribution in [3.63, 3.8) is 0 Å². The van der Waals surface area contributed by atoms with Gasteiger partial charge in [-0.05, 0) is 86.8 Å². The van der Waals surface area contributed by atoms with Gasteiger partial charge in [-0.1, -0.05) is 120 Å². The van der Waals surface area contributed by atoms with Crippen LogP contribution < -0.4 is 5.19 Å². The maximum absolute atomic E-state index is 6.65. The number of para-hydroxylation sites is 3. The summed E-state index contributed by atoms with van der Waals surface area (Å²) >= 11 is 0. The normalized spacial score (nSPS) is 11.8. The van der Waals surface area contributed by atoms with Crippen molar-refractivity contribution >= 4 is 68.4 Å². The van der Waals surface area contributed by atoms with Crippen LogP contribution in [0, 0.1) is 12.1 Å². The van der Waals surface area contributed by atoms with E-state index in [1.807, 2.05) is 79.0 Å². The molecule has 0 N–H and O–H groups in total. The first-order valence-electron chi connectivity index (χ1n) is 21.7. The van der Waals surface area contributed by atoms with Crippen molar-refractivity contribution < 1.29 is 28.9 Å². The van der Waals surface area contributed by atoms with Gasteiger partial charge in [-0.3, -0.25) is 4.98 Å². The molecule has 319 valence electrons. The Morgan fingerprint density at radius 2 is 1.28 bits per heavy atom. The Balaban J connectivity index is 0.000000258. The van der Waals surface area contributed by atoms with Crippen molar-refractivity contribution in [2.45, 2.75) is 59.2 Å². The van der Waals surface area contributed by atoms with Crippen LogP contribution in [0.2, 0.25) is 19.6 Å². The largest absolute Gasteiger partial charge is 0.499 e. The number of fused-ring (bicyclic) bond motifs is 7. The fourth-order valence-corrected chi connectivity index (χ4v) is 9.56. The van der Waals surface area contributed by atoms with Gasteiger partial charge in [-0.25, -0.2) is 4.98 Å². The van der Waals surface area contributed by atoms with Crippen molar-refractivity contribution in [1.82, 2.24) is 19.5 Å². The number of aromatic nitrogens is 4. The molecule has 1 radical (unpaired) electrons. The molecular weight excluding hydrogens is 981 g/mol. The van der Waals surface area contributed by atoms with Gasteiger partial charge in [0.25, 0.3) is 0 Å². The van der Waals surface area contributed by atoms with Crippen LogP contribution in [-0.4, -0.2) is 27.6 Å². The summed E-state index contributed by atoms with van der Waals surface area (Å²) < 4.78 is 15.1. The van der Waals surface area contributed by atoms with Gasteiger partial charge in [-0.15, -0.1) is 54.1 Å². The summed E-state index contributed by atoms with van der Waals surface area (Å²) in [5, 5.41) is 3.31. The Bertz CT molecular complexity index is 3410. The zero-order chi connectivity index (χ0) is 43.4. The quantitative estimate of drug-likeness (QED) is 0.117. The second-order valence-corrected chi connectivity index (χ2v) is 23.0. The zero-order valence-corrected chi connectivity index (χ0v) is 40.4. The molecular formula is C56H48IrN4O2Si-2.